The van der Waals surface area contributed by atoms with Crippen LogP contribution in [0.2, 0.25) is 0 Å². The van der Waals surface area contributed by atoms with Gasteiger partial charge >= 0.3 is 0 Å². The molecule has 1 N–H and O–H groups in total. The average molecular weight is 274 g/mol. The standard InChI is InChI=1S/C17H26N2O/c1-3-6-20-15-9-14(10-19-11-15)17(18-2)16-8-12-4-5-13(16)7-12/h9-13,16-18H,3-8H2,1-2H3. The first kappa shape index (κ1) is 13.9. The Morgan fingerprint density at radius 3 is 2.90 bits per heavy atom. The fraction of sp³-hybridized carbons (Fsp3) is 0.706. The first-order valence-electron chi connectivity index (χ1n) is 8.06. The molecule has 1 aromatic rings. The molecular weight excluding hydrogens is 248 g/mol. The second kappa shape index (κ2) is 6.13. The number of rotatable bonds is 6. The lowest BCUT2D eigenvalue weighted by Crippen LogP contribution is -2.29. The minimum Gasteiger partial charge on any atom is -0.492 e. The minimum atomic E-state index is 0.433. The topological polar surface area (TPSA) is 34.1 Å². The second-order valence-corrected chi connectivity index (χ2v) is 6.41. The molecule has 3 heteroatoms. The van der Waals surface area contributed by atoms with Gasteiger partial charge in [0.15, 0.2) is 0 Å². The van der Waals surface area contributed by atoms with Crippen LogP contribution in [0, 0.1) is 17.8 Å². The van der Waals surface area contributed by atoms with Crippen LogP contribution in [-0.2, 0) is 0 Å². The van der Waals surface area contributed by atoms with Gasteiger partial charge in [0.2, 0.25) is 0 Å². The van der Waals surface area contributed by atoms with Gasteiger partial charge in [-0.15, -0.1) is 0 Å². The second-order valence-electron chi connectivity index (χ2n) is 6.41. The molecule has 1 aromatic heterocycles. The van der Waals surface area contributed by atoms with Crippen LogP contribution in [-0.4, -0.2) is 18.6 Å². The Bertz CT molecular complexity index is 448. The number of ether oxygens (including phenoxy) is 1. The fourth-order valence-electron chi connectivity index (χ4n) is 4.23. The van der Waals surface area contributed by atoms with Crippen molar-refractivity contribution in [3.05, 3.63) is 24.0 Å². The predicted octanol–water partition coefficient (Wildman–Crippen LogP) is 3.57. The number of pyridine rings is 1. The van der Waals surface area contributed by atoms with Crippen LogP contribution >= 0.6 is 0 Å². The van der Waals surface area contributed by atoms with Crippen molar-refractivity contribution in [2.45, 2.75) is 45.1 Å². The van der Waals surface area contributed by atoms with Gasteiger partial charge in [-0.05, 0) is 62.1 Å². The summed E-state index contributed by atoms with van der Waals surface area (Å²) in [5.74, 6) is 3.58. The highest BCUT2D eigenvalue weighted by Crippen LogP contribution is 2.52. The van der Waals surface area contributed by atoms with Crippen LogP contribution < -0.4 is 10.1 Å². The summed E-state index contributed by atoms with van der Waals surface area (Å²) < 4.78 is 5.72. The molecule has 110 valence electrons. The average Bonchev–Trinajstić information content (AvgIpc) is 3.09. The highest BCUT2D eigenvalue weighted by Gasteiger charge is 2.43. The predicted molar refractivity (Wildman–Crippen MR) is 80.8 cm³/mol. The summed E-state index contributed by atoms with van der Waals surface area (Å²) in [5, 5.41) is 3.53. The maximum absolute atomic E-state index is 5.72. The Hall–Kier alpha value is -1.09. The monoisotopic (exact) mass is 274 g/mol. The van der Waals surface area contributed by atoms with Crippen molar-refractivity contribution in [1.82, 2.24) is 10.3 Å². The number of nitrogens with one attached hydrogen (secondary N) is 1. The highest BCUT2D eigenvalue weighted by atomic mass is 16.5. The lowest BCUT2D eigenvalue weighted by atomic mass is 9.81. The van der Waals surface area contributed by atoms with Crippen molar-refractivity contribution in [3.63, 3.8) is 0 Å². The summed E-state index contributed by atoms with van der Waals surface area (Å²) in [5.41, 5.74) is 1.29. The molecule has 2 saturated carbocycles. The molecule has 0 radical (unpaired) electrons. The first-order valence-corrected chi connectivity index (χ1v) is 8.06. The zero-order chi connectivity index (χ0) is 13.9. The van der Waals surface area contributed by atoms with E-state index in [4.69, 9.17) is 4.74 Å². The van der Waals surface area contributed by atoms with Crippen molar-refractivity contribution in [1.29, 1.82) is 0 Å². The van der Waals surface area contributed by atoms with E-state index in [2.05, 4.69) is 30.3 Å². The van der Waals surface area contributed by atoms with Crippen molar-refractivity contribution >= 4 is 0 Å². The van der Waals surface area contributed by atoms with Crippen LogP contribution in [0.1, 0.15) is 50.6 Å². The van der Waals surface area contributed by atoms with Gasteiger partial charge in [-0.2, -0.15) is 0 Å². The SMILES string of the molecule is CCCOc1cncc(C(NC)C2CC3CCC2C3)c1. The lowest BCUT2D eigenvalue weighted by molar-refractivity contribution is 0.258. The summed E-state index contributed by atoms with van der Waals surface area (Å²) in [4.78, 5) is 4.37. The Morgan fingerprint density at radius 2 is 2.25 bits per heavy atom. The van der Waals surface area contributed by atoms with Crippen LogP contribution in [0.15, 0.2) is 18.5 Å². The van der Waals surface area contributed by atoms with E-state index >= 15 is 0 Å². The van der Waals surface area contributed by atoms with E-state index in [0.29, 0.717) is 6.04 Å². The minimum absolute atomic E-state index is 0.433. The van der Waals surface area contributed by atoms with Crippen molar-refractivity contribution < 1.29 is 4.74 Å². The molecule has 2 bridgehead atoms. The molecule has 0 saturated heterocycles. The molecule has 0 amide bonds. The summed E-state index contributed by atoms with van der Waals surface area (Å²) in [7, 11) is 2.08. The van der Waals surface area contributed by atoms with E-state index in [1.807, 2.05) is 12.4 Å². The van der Waals surface area contributed by atoms with Crippen molar-refractivity contribution in [2.24, 2.45) is 17.8 Å². The molecule has 0 aliphatic heterocycles. The molecule has 2 aliphatic carbocycles. The summed E-state index contributed by atoms with van der Waals surface area (Å²) in [6.07, 6.45) is 10.6. The molecule has 2 fully saturated rings. The van der Waals surface area contributed by atoms with Crippen LogP contribution in [0.3, 0.4) is 0 Å². The normalized spacial score (nSPS) is 29.6. The molecular formula is C17H26N2O. The van der Waals surface area contributed by atoms with Gasteiger partial charge in [-0.25, -0.2) is 0 Å². The van der Waals surface area contributed by atoms with Crippen molar-refractivity contribution in [3.8, 4) is 5.75 Å². The molecule has 2 aliphatic rings. The van der Waals surface area contributed by atoms with E-state index in [1.165, 1.54) is 31.2 Å². The maximum atomic E-state index is 5.72. The van der Waals surface area contributed by atoms with E-state index in [-0.39, 0.29) is 0 Å². The van der Waals surface area contributed by atoms with E-state index in [9.17, 15) is 0 Å². The number of hydrogen-bond donors (Lipinski definition) is 1. The Balaban J connectivity index is 1.75. The quantitative estimate of drug-likeness (QED) is 0.861. The number of fused-ring (bicyclic) bond motifs is 2. The fourth-order valence-corrected chi connectivity index (χ4v) is 4.23. The summed E-state index contributed by atoms with van der Waals surface area (Å²) in [6.45, 7) is 2.90. The Labute approximate surface area is 122 Å². The molecule has 1 heterocycles. The molecule has 3 rings (SSSR count). The van der Waals surface area contributed by atoms with Crippen LogP contribution in [0.25, 0.3) is 0 Å². The van der Waals surface area contributed by atoms with Gasteiger partial charge in [0.25, 0.3) is 0 Å². The number of aromatic nitrogens is 1. The van der Waals surface area contributed by atoms with Gasteiger partial charge < -0.3 is 10.1 Å². The third-order valence-electron chi connectivity index (χ3n) is 5.10. The molecule has 4 unspecified atom stereocenters. The van der Waals surface area contributed by atoms with Gasteiger partial charge in [-0.3, -0.25) is 4.98 Å². The third-order valence-corrected chi connectivity index (χ3v) is 5.10. The van der Waals surface area contributed by atoms with Gasteiger partial charge in [0, 0.05) is 12.2 Å². The first-order chi connectivity index (χ1) is 9.81. The van der Waals surface area contributed by atoms with E-state index in [1.54, 1.807) is 0 Å². The van der Waals surface area contributed by atoms with Gasteiger partial charge in [-0.1, -0.05) is 13.3 Å². The van der Waals surface area contributed by atoms with E-state index in [0.717, 1.165) is 36.5 Å². The summed E-state index contributed by atoms with van der Waals surface area (Å²) >= 11 is 0. The number of nitrogens with zero attached hydrogens (tertiary/aromatic N) is 1. The lowest BCUT2D eigenvalue weighted by Gasteiger charge is -2.30. The molecule has 3 nitrogen and oxygen atoms in total. The molecule has 4 atom stereocenters. The molecule has 0 spiro atoms. The maximum Gasteiger partial charge on any atom is 0.137 e. The van der Waals surface area contributed by atoms with Crippen molar-refractivity contribution in [2.75, 3.05) is 13.7 Å². The Kier molecular flexibility index (Phi) is 4.25. The van der Waals surface area contributed by atoms with Gasteiger partial charge in [0.1, 0.15) is 5.75 Å². The highest BCUT2D eigenvalue weighted by molar-refractivity contribution is 5.27. The summed E-state index contributed by atoms with van der Waals surface area (Å²) in [6, 6.07) is 2.61. The number of hydrogen-bond acceptors (Lipinski definition) is 3. The zero-order valence-corrected chi connectivity index (χ0v) is 12.6. The third kappa shape index (κ3) is 2.69. The Morgan fingerprint density at radius 1 is 1.35 bits per heavy atom. The van der Waals surface area contributed by atoms with E-state index < -0.39 is 0 Å². The molecule has 0 aromatic carbocycles. The van der Waals surface area contributed by atoms with Crippen LogP contribution in [0.5, 0.6) is 5.75 Å². The smallest absolute Gasteiger partial charge is 0.137 e. The largest absolute Gasteiger partial charge is 0.492 e. The van der Waals surface area contributed by atoms with Crippen LogP contribution in [0.4, 0.5) is 0 Å². The zero-order valence-electron chi connectivity index (χ0n) is 12.6. The molecule has 20 heavy (non-hydrogen) atoms. The van der Waals surface area contributed by atoms with Gasteiger partial charge in [0.05, 0.1) is 12.8 Å².